The first-order valence-corrected chi connectivity index (χ1v) is 13.6. The Balaban J connectivity index is 2.03. The molecule has 2 aromatic rings. The number of nitrogens with one attached hydrogen (secondary N) is 1. The van der Waals surface area contributed by atoms with Crippen LogP contribution in [0.2, 0.25) is 0 Å². The zero-order valence-electron chi connectivity index (χ0n) is 23.1. The van der Waals surface area contributed by atoms with Gasteiger partial charge in [0.15, 0.2) is 0 Å². The van der Waals surface area contributed by atoms with Gasteiger partial charge in [0.05, 0.1) is 5.69 Å². The van der Waals surface area contributed by atoms with E-state index in [1.54, 1.807) is 0 Å². The summed E-state index contributed by atoms with van der Waals surface area (Å²) in [6, 6.07) is 7.20. The molecule has 0 bridgehead atoms. The second kappa shape index (κ2) is 11.6. The topological polar surface area (TPSA) is 19.0 Å². The molecule has 0 saturated carbocycles. The first-order valence-electron chi connectivity index (χ1n) is 13.6. The Kier molecular flexibility index (Phi) is 9.04. The first kappa shape index (κ1) is 26.5. The van der Waals surface area contributed by atoms with Crippen molar-refractivity contribution in [2.24, 2.45) is 11.8 Å². The molecule has 2 heteroatoms. The monoisotopic (exact) mass is 460 g/mol. The van der Waals surface area contributed by atoms with E-state index >= 15 is 0 Å². The number of rotatable bonds is 9. The predicted octanol–water partition coefficient (Wildman–Crippen LogP) is 9.08. The third kappa shape index (κ3) is 5.95. The van der Waals surface area contributed by atoms with Crippen molar-refractivity contribution < 1.29 is 0 Å². The number of allylic oxidation sites excluding steroid dienone is 5. The summed E-state index contributed by atoms with van der Waals surface area (Å²) in [5.74, 6) is 2.44. The van der Waals surface area contributed by atoms with E-state index in [4.69, 9.17) is 0 Å². The van der Waals surface area contributed by atoms with Crippen LogP contribution in [0, 0.1) is 11.8 Å². The smallest absolute Gasteiger partial charge is 0.0502 e. The van der Waals surface area contributed by atoms with Gasteiger partial charge in [-0.2, -0.15) is 0 Å². The molecule has 0 aliphatic carbocycles. The molecular weight excluding hydrogens is 412 g/mol. The van der Waals surface area contributed by atoms with Gasteiger partial charge in [0.1, 0.15) is 0 Å². The van der Waals surface area contributed by atoms with Gasteiger partial charge in [-0.05, 0) is 98.7 Å². The van der Waals surface area contributed by atoms with Gasteiger partial charge in [0, 0.05) is 23.0 Å². The van der Waals surface area contributed by atoms with Crippen LogP contribution in [-0.2, 0) is 0 Å². The van der Waals surface area contributed by atoms with Crippen LogP contribution in [0.5, 0.6) is 0 Å². The molecule has 1 aromatic carbocycles. The van der Waals surface area contributed by atoms with E-state index in [-0.39, 0.29) is 0 Å². The van der Waals surface area contributed by atoms with Gasteiger partial charge in [0.2, 0.25) is 0 Å². The summed E-state index contributed by atoms with van der Waals surface area (Å²) < 4.78 is 0. The SMILES string of the molecule is C=C/C(C)=C(\C=C(\C)C(C)CC)c1[nH]c2ccc(C3CCN(CC(C)C)CC3)cc2c1C(C)C. The predicted molar refractivity (Wildman–Crippen MR) is 152 cm³/mol. The Bertz CT molecular complexity index is 1040. The van der Waals surface area contributed by atoms with Gasteiger partial charge in [0.25, 0.3) is 0 Å². The third-order valence-corrected chi connectivity index (χ3v) is 7.88. The highest BCUT2D eigenvalue weighted by Crippen LogP contribution is 2.38. The van der Waals surface area contributed by atoms with Crippen LogP contribution in [0.25, 0.3) is 16.5 Å². The number of likely N-dealkylation sites (tertiary alicyclic amines) is 1. The molecular formula is C32H48N2. The van der Waals surface area contributed by atoms with Crippen molar-refractivity contribution in [2.75, 3.05) is 19.6 Å². The number of H-pyrrole nitrogens is 1. The van der Waals surface area contributed by atoms with Crippen molar-refractivity contribution in [3.8, 4) is 0 Å². The first-order chi connectivity index (χ1) is 16.2. The average molecular weight is 461 g/mol. The zero-order valence-corrected chi connectivity index (χ0v) is 23.1. The quantitative estimate of drug-likeness (QED) is 0.370. The highest BCUT2D eigenvalue weighted by molar-refractivity contribution is 5.93. The average Bonchev–Trinajstić information content (AvgIpc) is 3.20. The lowest BCUT2D eigenvalue weighted by Crippen LogP contribution is -2.35. The third-order valence-electron chi connectivity index (χ3n) is 7.88. The summed E-state index contributed by atoms with van der Waals surface area (Å²) in [6.07, 6.45) is 8.09. The molecule has 1 saturated heterocycles. The largest absolute Gasteiger partial charge is 0.354 e. The van der Waals surface area contributed by atoms with Gasteiger partial charge in [-0.15, -0.1) is 0 Å². The molecule has 1 atom stereocenters. The van der Waals surface area contributed by atoms with Crippen molar-refractivity contribution in [3.05, 3.63) is 64.9 Å². The molecule has 1 N–H and O–H groups in total. The van der Waals surface area contributed by atoms with E-state index in [1.165, 1.54) is 76.9 Å². The summed E-state index contributed by atoms with van der Waals surface area (Å²) in [7, 11) is 0. The van der Waals surface area contributed by atoms with Crippen LogP contribution in [0.1, 0.15) is 103 Å². The van der Waals surface area contributed by atoms with Crippen LogP contribution in [-0.4, -0.2) is 29.5 Å². The van der Waals surface area contributed by atoms with Gasteiger partial charge < -0.3 is 9.88 Å². The van der Waals surface area contributed by atoms with Crippen molar-refractivity contribution in [1.82, 2.24) is 9.88 Å². The molecule has 3 rings (SSSR count). The molecule has 0 radical (unpaired) electrons. The van der Waals surface area contributed by atoms with Crippen LogP contribution in [0.15, 0.2) is 48.1 Å². The molecule has 2 heterocycles. The molecule has 1 unspecified atom stereocenters. The van der Waals surface area contributed by atoms with Gasteiger partial charge in [-0.3, -0.25) is 0 Å². The van der Waals surface area contributed by atoms with Crippen molar-refractivity contribution in [1.29, 1.82) is 0 Å². The molecule has 0 spiro atoms. The minimum Gasteiger partial charge on any atom is -0.354 e. The molecule has 1 fully saturated rings. The molecule has 186 valence electrons. The summed E-state index contributed by atoms with van der Waals surface area (Å²) in [5.41, 5.74) is 9.43. The van der Waals surface area contributed by atoms with E-state index < -0.39 is 0 Å². The molecule has 34 heavy (non-hydrogen) atoms. The Morgan fingerprint density at radius 1 is 1.12 bits per heavy atom. The minimum absolute atomic E-state index is 0.441. The highest BCUT2D eigenvalue weighted by Gasteiger charge is 2.23. The van der Waals surface area contributed by atoms with Crippen molar-refractivity contribution in [3.63, 3.8) is 0 Å². The lowest BCUT2D eigenvalue weighted by Gasteiger charge is -2.33. The summed E-state index contributed by atoms with van der Waals surface area (Å²) in [4.78, 5) is 6.47. The van der Waals surface area contributed by atoms with E-state index in [2.05, 4.69) is 96.1 Å². The normalized spacial score (nSPS) is 18.1. The molecule has 2 nitrogen and oxygen atoms in total. The zero-order chi connectivity index (χ0) is 25.0. The van der Waals surface area contributed by atoms with Crippen molar-refractivity contribution >= 4 is 16.5 Å². The second-order valence-corrected chi connectivity index (χ2v) is 11.3. The number of nitrogens with zero attached hydrogens (tertiary/aromatic N) is 1. The van der Waals surface area contributed by atoms with E-state index in [9.17, 15) is 0 Å². The molecule has 0 amide bonds. The number of hydrogen-bond donors (Lipinski definition) is 1. The number of hydrogen-bond acceptors (Lipinski definition) is 1. The van der Waals surface area contributed by atoms with Crippen LogP contribution in [0.3, 0.4) is 0 Å². The highest BCUT2D eigenvalue weighted by atomic mass is 15.1. The van der Waals surface area contributed by atoms with Crippen LogP contribution in [0.4, 0.5) is 0 Å². The van der Waals surface area contributed by atoms with E-state index in [0.717, 1.165) is 12.3 Å². The standard InChI is InChI=1S/C32H48N2/c1-10-23(7)25(9)18-28(24(8)11-2)32-31(22(5)6)29-19-27(12-13-30(29)33-32)26-14-16-34(17-15-26)20-21(3)4/h11-13,18-19,21-23,26,33H,2,10,14-17,20H2,1,3-9H3/b25-18-,28-24+. The maximum Gasteiger partial charge on any atom is 0.0502 e. The number of piperidine rings is 1. The summed E-state index contributed by atoms with van der Waals surface area (Å²) >= 11 is 0. The Morgan fingerprint density at radius 3 is 2.35 bits per heavy atom. The van der Waals surface area contributed by atoms with E-state index in [1.807, 2.05) is 6.08 Å². The van der Waals surface area contributed by atoms with Gasteiger partial charge in [-0.1, -0.05) is 71.9 Å². The maximum absolute atomic E-state index is 4.10. The lowest BCUT2D eigenvalue weighted by molar-refractivity contribution is 0.192. The number of aromatic amines is 1. The number of fused-ring (bicyclic) bond motifs is 1. The minimum atomic E-state index is 0.441. The molecule has 1 aromatic heterocycles. The van der Waals surface area contributed by atoms with Crippen LogP contribution >= 0.6 is 0 Å². The van der Waals surface area contributed by atoms with Gasteiger partial charge >= 0.3 is 0 Å². The Labute approximate surface area is 209 Å². The Morgan fingerprint density at radius 2 is 1.79 bits per heavy atom. The summed E-state index contributed by atoms with van der Waals surface area (Å²) in [5, 5.41) is 1.40. The fraction of sp³-hybridized carbons (Fsp3) is 0.562. The van der Waals surface area contributed by atoms with Crippen LogP contribution < -0.4 is 0 Å². The Hall–Kier alpha value is -2.06. The summed E-state index contributed by atoms with van der Waals surface area (Å²) in [6.45, 7) is 26.1. The molecule has 1 aliphatic rings. The van der Waals surface area contributed by atoms with Crippen molar-refractivity contribution in [2.45, 2.75) is 86.5 Å². The fourth-order valence-electron chi connectivity index (χ4n) is 5.45. The van der Waals surface area contributed by atoms with E-state index in [0.29, 0.717) is 17.8 Å². The number of benzene rings is 1. The van der Waals surface area contributed by atoms with Gasteiger partial charge in [-0.25, -0.2) is 0 Å². The fourth-order valence-corrected chi connectivity index (χ4v) is 5.45. The lowest BCUT2D eigenvalue weighted by atomic mass is 9.87. The second-order valence-electron chi connectivity index (χ2n) is 11.3. The molecule has 1 aliphatic heterocycles. The number of aromatic nitrogens is 1. The maximum atomic E-state index is 4.10.